The van der Waals surface area contributed by atoms with Crippen LogP contribution in [-0.2, 0) is 13.6 Å². The van der Waals surface area contributed by atoms with Gasteiger partial charge in [-0.25, -0.2) is 0 Å². The van der Waals surface area contributed by atoms with Crippen LogP contribution in [0.5, 0.6) is 0 Å². The summed E-state index contributed by atoms with van der Waals surface area (Å²) in [5.74, 6) is 0. The molecule has 1 aromatic rings. The van der Waals surface area contributed by atoms with Gasteiger partial charge in [0.1, 0.15) is 0 Å². The van der Waals surface area contributed by atoms with Crippen molar-refractivity contribution in [2.75, 3.05) is 26.2 Å². The van der Waals surface area contributed by atoms with Crippen molar-refractivity contribution < 1.29 is 0 Å². The zero-order valence-corrected chi connectivity index (χ0v) is 9.66. The summed E-state index contributed by atoms with van der Waals surface area (Å²) in [5.41, 5.74) is 2.52. The Balaban J connectivity index is 1.97. The van der Waals surface area contributed by atoms with Gasteiger partial charge in [-0.2, -0.15) is 5.10 Å². The molecule has 4 heteroatoms. The van der Waals surface area contributed by atoms with Gasteiger partial charge >= 0.3 is 0 Å². The topological polar surface area (TPSA) is 33.1 Å². The van der Waals surface area contributed by atoms with Gasteiger partial charge in [0.15, 0.2) is 0 Å². The number of aryl methyl sites for hydroxylation is 2. The molecule has 1 fully saturated rings. The molecule has 0 saturated carbocycles. The van der Waals surface area contributed by atoms with Crippen molar-refractivity contribution in [3.63, 3.8) is 0 Å². The predicted molar refractivity (Wildman–Crippen MR) is 60.7 cm³/mol. The molecule has 0 amide bonds. The average Bonchev–Trinajstić information content (AvgIpc) is 2.44. The van der Waals surface area contributed by atoms with Crippen LogP contribution in [0.25, 0.3) is 0 Å². The number of nitrogens with one attached hydrogen (secondary N) is 1. The summed E-state index contributed by atoms with van der Waals surface area (Å²) in [4.78, 5) is 2.50. The maximum absolute atomic E-state index is 4.37. The van der Waals surface area contributed by atoms with Gasteiger partial charge < -0.3 is 5.32 Å². The number of aromatic nitrogens is 2. The first-order valence-electron chi connectivity index (χ1n) is 5.68. The summed E-state index contributed by atoms with van der Waals surface area (Å²) < 4.78 is 1.90. The van der Waals surface area contributed by atoms with E-state index in [4.69, 9.17) is 0 Å². The highest BCUT2D eigenvalue weighted by atomic mass is 15.3. The Labute approximate surface area is 91.3 Å². The Hall–Kier alpha value is -0.870. The largest absolute Gasteiger partial charge is 0.315 e. The third-order valence-electron chi connectivity index (χ3n) is 2.94. The van der Waals surface area contributed by atoms with Crippen LogP contribution in [0.2, 0.25) is 0 Å². The minimum absolute atomic E-state index is 1.04. The van der Waals surface area contributed by atoms with E-state index in [0.717, 1.165) is 31.9 Å². The van der Waals surface area contributed by atoms with Gasteiger partial charge in [0.2, 0.25) is 0 Å². The molecule has 0 atom stereocenters. The smallest absolute Gasteiger partial charge is 0.0638 e. The summed E-state index contributed by atoms with van der Waals surface area (Å²) >= 11 is 0. The lowest BCUT2D eigenvalue weighted by Crippen LogP contribution is -2.27. The van der Waals surface area contributed by atoms with E-state index in [-0.39, 0.29) is 0 Å². The fourth-order valence-electron chi connectivity index (χ4n) is 2.10. The van der Waals surface area contributed by atoms with Crippen molar-refractivity contribution in [1.29, 1.82) is 0 Å². The summed E-state index contributed by atoms with van der Waals surface area (Å²) in [7, 11) is 1.99. The highest BCUT2D eigenvalue weighted by Gasteiger charge is 2.11. The maximum Gasteiger partial charge on any atom is 0.0638 e. The second kappa shape index (κ2) is 4.77. The van der Waals surface area contributed by atoms with Crippen LogP contribution in [-0.4, -0.2) is 40.9 Å². The van der Waals surface area contributed by atoms with Crippen LogP contribution >= 0.6 is 0 Å². The van der Waals surface area contributed by atoms with E-state index in [1.807, 2.05) is 11.7 Å². The molecule has 2 heterocycles. The Morgan fingerprint density at radius 2 is 2.27 bits per heavy atom. The molecule has 1 N–H and O–H groups in total. The van der Waals surface area contributed by atoms with Gasteiger partial charge in [-0.1, -0.05) is 0 Å². The second-order valence-corrected chi connectivity index (χ2v) is 4.29. The van der Waals surface area contributed by atoms with Gasteiger partial charge in [-0.3, -0.25) is 9.58 Å². The van der Waals surface area contributed by atoms with Crippen molar-refractivity contribution in [3.05, 3.63) is 17.5 Å². The van der Waals surface area contributed by atoms with E-state index in [1.165, 1.54) is 18.5 Å². The van der Waals surface area contributed by atoms with E-state index >= 15 is 0 Å². The molecular weight excluding hydrogens is 188 g/mol. The van der Waals surface area contributed by atoms with E-state index in [9.17, 15) is 0 Å². The Bertz CT molecular complexity index is 310. The molecule has 1 aliphatic rings. The van der Waals surface area contributed by atoms with Crippen LogP contribution in [0.4, 0.5) is 0 Å². The fourth-order valence-corrected chi connectivity index (χ4v) is 2.10. The number of hydrogen-bond donors (Lipinski definition) is 1. The normalized spacial score (nSPS) is 19.1. The van der Waals surface area contributed by atoms with Crippen LogP contribution in [0.1, 0.15) is 17.7 Å². The highest BCUT2D eigenvalue weighted by molar-refractivity contribution is 5.15. The van der Waals surface area contributed by atoms with E-state index < -0.39 is 0 Å². The monoisotopic (exact) mass is 208 g/mol. The highest BCUT2D eigenvalue weighted by Crippen LogP contribution is 2.09. The van der Waals surface area contributed by atoms with E-state index in [2.05, 4.69) is 28.4 Å². The summed E-state index contributed by atoms with van der Waals surface area (Å²) in [5, 5.41) is 7.79. The van der Waals surface area contributed by atoms with Crippen LogP contribution < -0.4 is 5.32 Å². The number of hydrogen-bond acceptors (Lipinski definition) is 3. The molecule has 1 aliphatic heterocycles. The number of nitrogens with zero attached hydrogens (tertiary/aromatic N) is 3. The molecule has 2 rings (SSSR count). The Kier molecular flexibility index (Phi) is 3.38. The van der Waals surface area contributed by atoms with Crippen LogP contribution in [0.3, 0.4) is 0 Å². The fraction of sp³-hybridized carbons (Fsp3) is 0.727. The molecule has 0 radical (unpaired) electrons. The van der Waals surface area contributed by atoms with Gasteiger partial charge in [-0.05, 0) is 26.4 Å². The average molecular weight is 208 g/mol. The molecule has 0 unspecified atom stereocenters. The van der Waals surface area contributed by atoms with Gasteiger partial charge in [0, 0.05) is 38.4 Å². The van der Waals surface area contributed by atoms with Gasteiger partial charge in [-0.15, -0.1) is 0 Å². The minimum atomic E-state index is 1.04. The second-order valence-electron chi connectivity index (χ2n) is 4.29. The Morgan fingerprint density at radius 1 is 1.40 bits per heavy atom. The van der Waals surface area contributed by atoms with Gasteiger partial charge in [0.25, 0.3) is 0 Å². The SMILES string of the molecule is Cc1nn(C)cc1CN1CCCNCC1. The lowest BCUT2D eigenvalue weighted by molar-refractivity contribution is 0.284. The molecule has 0 aromatic carbocycles. The standard InChI is InChI=1S/C11H20N4/c1-10-11(8-14(2)13-10)9-15-6-3-4-12-5-7-15/h8,12H,3-7,9H2,1-2H3. The van der Waals surface area contributed by atoms with E-state index in [0.29, 0.717) is 0 Å². The molecule has 0 aliphatic carbocycles. The van der Waals surface area contributed by atoms with Crippen LogP contribution in [0, 0.1) is 6.92 Å². The lowest BCUT2D eigenvalue weighted by atomic mass is 10.2. The lowest BCUT2D eigenvalue weighted by Gasteiger charge is -2.18. The quantitative estimate of drug-likeness (QED) is 0.769. The first-order valence-corrected chi connectivity index (χ1v) is 5.68. The predicted octanol–water partition coefficient (Wildman–Crippen LogP) is 0.524. The van der Waals surface area contributed by atoms with Crippen molar-refractivity contribution in [3.8, 4) is 0 Å². The molecule has 1 aromatic heterocycles. The summed E-state index contributed by atoms with van der Waals surface area (Å²) in [6, 6.07) is 0. The van der Waals surface area contributed by atoms with Crippen molar-refractivity contribution in [2.45, 2.75) is 19.9 Å². The number of rotatable bonds is 2. The van der Waals surface area contributed by atoms with E-state index in [1.54, 1.807) is 0 Å². The van der Waals surface area contributed by atoms with Gasteiger partial charge in [0.05, 0.1) is 5.69 Å². The third-order valence-corrected chi connectivity index (χ3v) is 2.94. The molecule has 15 heavy (non-hydrogen) atoms. The first-order chi connectivity index (χ1) is 7.25. The Morgan fingerprint density at radius 3 is 3.00 bits per heavy atom. The maximum atomic E-state index is 4.37. The minimum Gasteiger partial charge on any atom is -0.315 e. The molecule has 0 spiro atoms. The molecule has 84 valence electrons. The van der Waals surface area contributed by atoms with Crippen molar-refractivity contribution in [2.24, 2.45) is 7.05 Å². The third kappa shape index (κ3) is 2.79. The van der Waals surface area contributed by atoms with Crippen LogP contribution in [0.15, 0.2) is 6.20 Å². The first kappa shape index (κ1) is 10.6. The zero-order chi connectivity index (χ0) is 10.7. The summed E-state index contributed by atoms with van der Waals surface area (Å²) in [6.45, 7) is 7.74. The summed E-state index contributed by atoms with van der Waals surface area (Å²) in [6.07, 6.45) is 3.38. The molecule has 1 saturated heterocycles. The van der Waals surface area contributed by atoms with Crippen molar-refractivity contribution in [1.82, 2.24) is 20.0 Å². The van der Waals surface area contributed by atoms with Crippen molar-refractivity contribution >= 4 is 0 Å². The zero-order valence-electron chi connectivity index (χ0n) is 9.66. The molecular formula is C11H20N4. The molecule has 0 bridgehead atoms. The molecule has 4 nitrogen and oxygen atoms in total.